The standard InChI is InChI=1S/C17H28N2O4/c18-17(19,15(21)12-9-5-2-6-10-12)13(16(22)23)14(20)11-7-3-1-4-8-11/h11-13H,1-10,18-19H2,(H,22,23). The van der Waals surface area contributed by atoms with Gasteiger partial charge in [-0.1, -0.05) is 38.5 Å². The SMILES string of the molecule is NC(N)(C(=O)C1CCCCC1)C(C(=O)O)C(=O)C1CCCCC1. The minimum atomic E-state index is -2.11. The molecule has 1 atom stereocenters. The van der Waals surface area contributed by atoms with Crippen LogP contribution in [0.3, 0.4) is 0 Å². The summed E-state index contributed by atoms with van der Waals surface area (Å²) in [5.41, 5.74) is 9.83. The van der Waals surface area contributed by atoms with Gasteiger partial charge in [0.25, 0.3) is 0 Å². The lowest BCUT2D eigenvalue weighted by molar-refractivity contribution is -0.155. The second kappa shape index (κ2) is 7.53. The van der Waals surface area contributed by atoms with Gasteiger partial charge in [0.15, 0.2) is 17.5 Å². The fourth-order valence-corrected chi connectivity index (χ4v) is 4.04. The summed E-state index contributed by atoms with van der Waals surface area (Å²) >= 11 is 0. The second-order valence-electron chi connectivity index (χ2n) is 7.14. The topological polar surface area (TPSA) is 123 Å². The number of ketones is 2. The summed E-state index contributed by atoms with van der Waals surface area (Å²) in [5.74, 6) is -4.61. The molecule has 2 rings (SSSR count). The Labute approximate surface area is 137 Å². The number of rotatable bonds is 6. The molecule has 23 heavy (non-hydrogen) atoms. The van der Waals surface area contributed by atoms with Gasteiger partial charge in [0, 0.05) is 11.8 Å². The maximum absolute atomic E-state index is 12.7. The monoisotopic (exact) mass is 324 g/mol. The molecule has 0 aliphatic heterocycles. The van der Waals surface area contributed by atoms with Crippen LogP contribution in [-0.2, 0) is 14.4 Å². The van der Waals surface area contributed by atoms with Crippen LogP contribution < -0.4 is 11.5 Å². The number of aliphatic carboxylic acids is 1. The Bertz CT molecular complexity index is 463. The second-order valence-corrected chi connectivity index (χ2v) is 7.14. The average Bonchev–Trinajstić information content (AvgIpc) is 2.55. The van der Waals surface area contributed by atoms with Crippen molar-refractivity contribution >= 4 is 17.5 Å². The molecule has 6 nitrogen and oxygen atoms in total. The Morgan fingerprint density at radius 2 is 1.26 bits per heavy atom. The Kier molecular flexibility index (Phi) is 5.92. The predicted octanol–water partition coefficient (Wildman–Crippen LogP) is 1.60. The third-order valence-corrected chi connectivity index (χ3v) is 5.42. The first-order valence-corrected chi connectivity index (χ1v) is 8.74. The Morgan fingerprint density at radius 3 is 1.70 bits per heavy atom. The Morgan fingerprint density at radius 1 is 0.826 bits per heavy atom. The minimum absolute atomic E-state index is 0.320. The lowest BCUT2D eigenvalue weighted by atomic mass is 9.72. The van der Waals surface area contributed by atoms with Crippen molar-refractivity contribution in [2.24, 2.45) is 29.2 Å². The van der Waals surface area contributed by atoms with E-state index in [0.29, 0.717) is 25.7 Å². The van der Waals surface area contributed by atoms with E-state index in [9.17, 15) is 19.5 Å². The van der Waals surface area contributed by atoms with Crippen LogP contribution in [0.1, 0.15) is 64.2 Å². The summed E-state index contributed by atoms with van der Waals surface area (Å²) in [4.78, 5) is 37.1. The quantitative estimate of drug-likeness (QED) is 0.503. The lowest BCUT2D eigenvalue weighted by Crippen LogP contribution is -2.68. The molecule has 2 aliphatic carbocycles. The van der Waals surface area contributed by atoms with Crippen LogP contribution >= 0.6 is 0 Å². The highest BCUT2D eigenvalue weighted by atomic mass is 16.4. The van der Waals surface area contributed by atoms with E-state index in [2.05, 4.69) is 0 Å². The lowest BCUT2D eigenvalue weighted by Gasteiger charge is -2.35. The number of carbonyl (C=O) groups excluding carboxylic acids is 2. The van der Waals surface area contributed by atoms with Crippen molar-refractivity contribution in [1.29, 1.82) is 0 Å². The third-order valence-electron chi connectivity index (χ3n) is 5.42. The van der Waals surface area contributed by atoms with Gasteiger partial charge in [-0.05, 0) is 25.7 Å². The molecule has 0 aromatic heterocycles. The fraction of sp³-hybridized carbons (Fsp3) is 0.824. The molecule has 5 N–H and O–H groups in total. The van der Waals surface area contributed by atoms with Crippen LogP contribution in [0.2, 0.25) is 0 Å². The molecule has 0 spiro atoms. The molecule has 2 aliphatic rings. The van der Waals surface area contributed by atoms with Crippen LogP contribution in [0.5, 0.6) is 0 Å². The molecule has 6 heteroatoms. The number of carboxylic acids is 1. The van der Waals surface area contributed by atoms with E-state index in [1.54, 1.807) is 0 Å². The average molecular weight is 324 g/mol. The van der Waals surface area contributed by atoms with Gasteiger partial charge in [-0.3, -0.25) is 14.4 Å². The van der Waals surface area contributed by atoms with E-state index in [1.807, 2.05) is 0 Å². The zero-order chi connectivity index (χ0) is 17.0. The van der Waals surface area contributed by atoms with Crippen molar-refractivity contribution < 1.29 is 19.5 Å². The van der Waals surface area contributed by atoms with Crippen LogP contribution in [0.4, 0.5) is 0 Å². The van der Waals surface area contributed by atoms with E-state index in [0.717, 1.165) is 38.5 Å². The first-order chi connectivity index (χ1) is 10.9. The number of carboxylic acid groups (broad SMARTS) is 1. The summed E-state index contributed by atoms with van der Waals surface area (Å²) in [6, 6.07) is 0. The minimum Gasteiger partial charge on any atom is -0.481 e. The van der Waals surface area contributed by atoms with E-state index >= 15 is 0 Å². The summed E-state index contributed by atoms with van der Waals surface area (Å²) in [6.45, 7) is 0. The van der Waals surface area contributed by atoms with Gasteiger partial charge < -0.3 is 16.6 Å². The number of carbonyl (C=O) groups is 3. The Hall–Kier alpha value is -1.27. The molecular formula is C17H28N2O4. The number of hydrogen-bond acceptors (Lipinski definition) is 5. The highest BCUT2D eigenvalue weighted by molar-refractivity contribution is 6.07. The molecule has 0 radical (unpaired) electrons. The van der Waals surface area contributed by atoms with Crippen LogP contribution in [0.15, 0.2) is 0 Å². The molecule has 0 saturated heterocycles. The van der Waals surface area contributed by atoms with Crippen molar-refractivity contribution in [1.82, 2.24) is 0 Å². The van der Waals surface area contributed by atoms with E-state index in [-0.39, 0.29) is 11.8 Å². The normalized spacial score (nSPS) is 22.5. The highest BCUT2D eigenvalue weighted by Gasteiger charge is 2.50. The summed E-state index contributed by atoms with van der Waals surface area (Å²) in [7, 11) is 0. The van der Waals surface area contributed by atoms with Crippen molar-refractivity contribution in [3.63, 3.8) is 0 Å². The number of hydrogen-bond donors (Lipinski definition) is 3. The first-order valence-electron chi connectivity index (χ1n) is 8.74. The molecule has 1 unspecified atom stereocenters. The molecular weight excluding hydrogens is 296 g/mol. The molecule has 2 fully saturated rings. The number of Topliss-reactive ketones (excluding diaryl/α,β-unsaturated/α-hetero) is 2. The van der Waals surface area contributed by atoms with Gasteiger partial charge in [-0.15, -0.1) is 0 Å². The van der Waals surface area contributed by atoms with Crippen LogP contribution in [0, 0.1) is 17.8 Å². The van der Waals surface area contributed by atoms with Gasteiger partial charge in [0.05, 0.1) is 0 Å². The smallest absolute Gasteiger partial charge is 0.317 e. The van der Waals surface area contributed by atoms with Gasteiger partial charge in [0.2, 0.25) is 0 Å². The molecule has 0 amide bonds. The zero-order valence-electron chi connectivity index (χ0n) is 13.6. The van der Waals surface area contributed by atoms with E-state index in [1.165, 1.54) is 0 Å². The predicted molar refractivity (Wildman–Crippen MR) is 85.4 cm³/mol. The highest BCUT2D eigenvalue weighted by Crippen LogP contribution is 2.32. The fourth-order valence-electron chi connectivity index (χ4n) is 4.04. The van der Waals surface area contributed by atoms with Crippen molar-refractivity contribution in [2.45, 2.75) is 69.9 Å². The molecule has 2 saturated carbocycles. The zero-order valence-corrected chi connectivity index (χ0v) is 13.6. The maximum Gasteiger partial charge on any atom is 0.317 e. The molecule has 0 bridgehead atoms. The largest absolute Gasteiger partial charge is 0.481 e. The summed E-state index contributed by atoms with van der Waals surface area (Å²) in [6.07, 6.45) is 8.45. The van der Waals surface area contributed by atoms with E-state index in [4.69, 9.17) is 11.5 Å². The Balaban J connectivity index is 2.18. The van der Waals surface area contributed by atoms with Gasteiger partial charge in [-0.25, -0.2) is 0 Å². The molecule has 130 valence electrons. The van der Waals surface area contributed by atoms with Gasteiger partial charge in [-0.2, -0.15) is 0 Å². The molecule has 0 aromatic carbocycles. The first kappa shape index (κ1) is 18.1. The van der Waals surface area contributed by atoms with Gasteiger partial charge >= 0.3 is 5.97 Å². The summed E-state index contributed by atoms with van der Waals surface area (Å²) < 4.78 is 0. The molecule has 0 heterocycles. The summed E-state index contributed by atoms with van der Waals surface area (Å²) in [5, 5.41) is 9.52. The molecule has 0 aromatic rings. The van der Waals surface area contributed by atoms with Gasteiger partial charge in [0.1, 0.15) is 5.66 Å². The van der Waals surface area contributed by atoms with Crippen molar-refractivity contribution in [3.8, 4) is 0 Å². The van der Waals surface area contributed by atoms with E-state index < -0.39 is 29.1 Å². The maximum atomic E-state index is 12.7. The third kappa shape index (κ3) is 3.98. The van der Waals surface area contributed by atoms with Crippen LogP contribution in [0.25, 0.3) is 0 Å². The number of nitrogens with two attached hydrogens (primary N) is 2. The van der Waals surface area contributed by atoms with Crippen LogP contribution in [-0.4, -0.2) is 28.3 Å². The van der Waals surface area contributed by atoms with Crippen molar-refractivity contribution in [2.75, 3.05) is 0 Å². The van der Waals surface area contributed by atoms with Crippen molar-refractivity contribution in [3.05, 3.63) is 0 Å².